The van der Waals surface area contributed by atoms with E-state index in [1.54, 1.807) is 19.1 Å². The molecular weight excluding hydrogens is 262 g/mol. The van der Waals surface area contributed by atoms with E-state index in [9.17, 15) is 9.59 Å². The quantitative estimate of drug-likeness (QED) is 0.919. The van der Waals surface area contributed by atoms with Gasteiger partial charge in [-0.25, -0.2) is 4.79 Å². The number of amides is 1. The number of hydrogen-bond donors (Lipinski definition) is 1. The normalized spacial score (nSPS) is 11.3. The Morgan fingerprint density at radius 3 is 2.41 bits per heavy atom. The van der Waals surface area contributed by atoms with E-state index >= 15 is 0 Å². The highest BCUT2D eigenvalue weighted by Gasteiger charge is 2.37. The van der Waals surface area contributed by atoms with Crippen molar-refractivity contribution in [1.29, 1.82) is 0 Å². The van der Waals surface area contributed by atoms with Gasteiger partial charge in [-0.3, -0.25) is 4.79 Å². The number of halogens is 1. The third-order valence-corrected chi connectivity index (χ3v) is 3.76. The van der Waals surface area contributed by atoms with Crippen molar-refractivity contribution in [2.45, 2.75) is 26.3 Å². The lowest BCUT2D eigenvalue weighted by molar-refractivity contribution is -0.147. The summed E-state index contributed by atoms with van der Waals surface area (Å²) < 4.78 is 0.512. The number of carbonyl (C=O) groups excluding carboxylic acids is 1. The second kappa shape index (κ2) is 5.06. The molecule has 0 saturated heterocycles. The summed E-state index contributed by atoms with van der Waals surface area (Å²) in [6.45, 7) is 5.09. The molecule has 0 aliphatic rings. The molecule has 1 aromatic heterocycles. The van der Waals surface area contributed by atoms with Gasteiger partial charge in [0.05, 0.1) is 9.21 Å². The van der Waals surface area contributed by atoms with Crippen molar-refractivity contribution < 1.29 is 14.7 Å². The van der Waals surface area contributed by atoms with Crippen LogP contribution < -0.4 is 0 Å². The van der Waals surface area contributed by atoms with Gasteiger partial charge in [0.2, 0.25) is 0 Å². The first-order valence-electron chi connectivity index (χ1n) is 5.11. The van der Waals surface area contributed by atoms with Crippen molar-refractivity contribution in [2.75, 3.05) is 6.54 Å². The van der Waals surface area contributed by atoms with Crippen molar-refractivity contribution in [3.8, 4) is 0 Å². The Balaban J connectivity index is 3.04. The van der Waals surface area contributed by atoms with Gasteiger partial charge in [-0.15, -0.1) is 11.3 Å². The second-order valence-electron chi connectivity index (χ2n) is 4.02. The number of carboxylic acid groups (broad SMARTS) is 1. The van der Waals surface area contributed by atoms with Crippen molar-refractivity contribution in [1.82, 2.24) is 4.90 Å². The second-order valence-corrected chi connectivity index (χ2v) is 5.73. The smallest absolute Gasteiger partial charge is 0.329 e. The van der Waals surface area contributed by atoms with Crippen LogP contribution in [0.25, 0.3) is 0 Å². The van der Waals surface area contributed by atoms with Crippen LogP contribution in [0.2, 0.25) is 4.34 Å². The molecule has 0 aliphatic carbocycles. The zero-order chi connectivity index (χ0) is 13.2. The number of thiophene rings is 1. The Bertz CT molecular complexity index is 442. The third kappa shape index (κ3) is 2.79. The molecule has 1 rings (SSSR count). The molecule has 1 amide bonds. The maximum atomic E-state index is 12.2. The molecule has 4 nitrogen and oxygen atoms in total. The minimum Gasteiger partial charge on any atom is -0.480 e. The summed E-state index contributed by atoms with van der Waals surface area (Å²) in [6.07, 6.45) is 0. The van der Waals surface area contributed by atoms with Crippen LogP contribution >= 0.6 is 22.9 Å². The summed E-state index contributed by atoms with van der Waals surface area (Å²) in [5, 5.41) is 9.13. The summed E-state index contributed by atoms with van der Waals surface area (Å²) in [5.74, 6) is -1.34. The number of nitrogens with zero attached hydrogens (tertiary/aromatic N) is 1. The summed E-state index contributed by atoms with van der Waals surface area (Å²) >= 11 is 6.91. The van der Waals surface area contributed by atoms with Gasteiger partial charge < -0.3 is 10.0 Å². The van der Waals surface area contributed by atoms with Gasteiger partial charge in [0.1, 0.15) is 5.54 Å². The molecule has 0 saturated carbocycles. The predicted octanol–water partition coefficient (Wildman–Crippen LogP) is 2.73. The lowest BCUT2D eigenvalue weighted by Gasteiger charge is -2.33. The van der Waals surface area contributed by atoms with Crippen LogP contribution in [-0.2, 0) is 4.79 Å². The highest BCUT2D eigenvalue weighted by atomic mass is 35.5. The summed E-state index contributed by atoms with van der Waals surface area (Å²) in [7, 11) is 0. The Labute approximate surface area is 109 Å². The average Bonchev–Trinajstić information content (AvgIpc) is 2.65. The maximum absolute atomic E-state index is 12.2. The number of carbonyl (C=O) groups is 2. The van der Waals surface area contributed by atoms with Crippen LogP contribution in [0.4, 0.5) is 0 Å². The first-order valence-corrected chi connectivity index (χ1v) is 6.30. The molecule has 1 heterocycles. The van der Waals surface area contributed by atoms with Crippen LogP contribution in [-0.4, -0.2) is 34.0 Å². The number of likely N-dealkylation sites (N-methyl/N-ethyl adjacent to an activating group) is 1. The minimum atomic E-state index is -1.23. The summed E-state index contributed by atoms with van der Waals surface area (Å²) in [5.41, 5.74) is -1.23. The molecule has 1 aromatic rings. The average molecular weight is 276 g/mol. The highest BCUT2D eigenvalue weighted by molar-refractivity contribution is 7.17. The van der Waals surface area contributed by atoms with Crippen LogP contribution in [0, 0.1) is 0 Å². The lowest BCUT2D eigenvalue weighted by atomic mass is 10.0. The fraction of sp³-hybridized carbons (Fsp3) is 0.455. The van der Waals surface area contributed by atoms with E-state index in [0.29, 0.717) is 15.8 Å². The SMILES string of the molecule is CCN(C(=O)c1ccc(Cl)s1)C(C)(C)C(=O)O. The summed E-state index contributed by atoms with van der Waals surface area (Å²) in [4.78, 5) is 25.1. The molecule has 0 unspecified atom stereocenters. The molecule has 6 heteroatoms. The standard InChI is InChI=1S/C11H14ClNO3S/c1-4-13(11(2,3)10(15)16)9(14)7-5-6-8(12)17-7/h5-6H,4H2,1-3H3,(H,15,16). The number of carboxylic acids is 1. The number of hydrogen-bond acceptors (Lipinski definition) is 3. The van der Waals surface area contributed by atoms with E-state index in [1.807, 2.05) is 0 Å². The molecular formula is C11H14ClNO3S. The first kappa shape index (κ1) is 14.0. The monoisotopic (exact) mass is 275 g/mol. The minimum absolute atomic E-state index is 0.309. The highest BCUT2D eigenvalue weighted by Crippen LogP contribution is 2.25. The van der Waals surface area contributed by atoms with E-state index < -0.39 is 11.5 Å². The Morgan fingerprint density at radius 1 is 1.47 bits per heavy atom. The molecule has 0 atom stereocenters. The van der Waals surface area contributed by atoms with Crippen molar-refractivity contribution in [3.05, 3.63) is 21.3 Å². The van der Waals surface area contributed by atoms with Gasteiger partial charge in [0, 0.05) is 6.54 Å². The zero-order valence-electron chi connectivity index (χ0n) is 9.86. The molecule has 0 aliphatic heterocycles. The Hall–Kier alpha value is -1.07. The van der Waals surface area contributed by atoms with Crippen molar-refractivity contribution in [2.24, 2.45) is 0 Å². The maximum Gasteiger partial charge on any atom is 0.329 e. The molecule has 0 fully saturated rings. The van der Waals surface area contributed by atoms with Crippen LogP contribution in [0.15, 0.2) is 12.1 Å². The molecule has 1 N–H and O–H groups in total. The van der Waals surface area contributed by atoms with Crippen molar-refractivity contribution >= 4 is 34.8 Å². The van der Waals surface area contributed by atoms with Gasteiger partial charge in [-0.2, -0.15) is 0 Å². The van der Waals surface area contributed by atoms with E-state index in [-0.39, 0.29) is 5.91 Å². The van der Waals surface area contributed by atoms with Gasteiger partial charge >= 0.3 is 5.97 Å². The van der Waals surface area contributed by atoms with E-state index in [2.05, 4.69) is 0 Å². The molecule has 0 spiro atoms. The summed E-state index contributed by atoms with van der Waals surface area (Å²) in [6, 6.07) is 3.23. The van der Waals surface area contributed by atoms with Crippen LogP contribution in [0.1, 0.15) is 30.4 Å². The molecule has 94 valence electrons. The number of aliphatic carboxylic acids is 1. The Kier molecular flexibility index (Phi) is 4.16. The Morgan fingerprint density at radius 2 is 2.06 bits per heavy atom. The number of rotatable bonds is 4. The lowest BCUT2D eigenvalue weighted by Crippen LogP contribution is -2.52. The topological polar surface area (TPSA) is 57.6 Å². The fourth-order valence-electron chi connectivity index (χ4n) is 1.47. The molecule has 17 heavy (non-hydrogen) atoms. The van der Waals surface area contributed by atoms with E-state index in [1.165, 1.54) is 18.7 Å². The molecule has 0 bridgehead atoms. The van der Waals surface area contributed by atoms with Gasteiger partial charge in [0.25, 0.3) is 5.91 Å². The molecule has 0 radical (unpaired) electrons. The van der Waals surface area contributed by atoms with Gasteiger partial charge in [-0.1, -0.05) is 11.6 Å². The van der Waals surface area contributed by atoms with Crippen molar-refractivity contribution in [3.63, 3.8) is 0 Å². The molecule has 0 aromatic carbocycles. The van der Waals surface area contributed by atoms with Gasteiger partial charge in [0.15, 0.2) is 0 Å². The largest absolute Gasteiger partial charge is 0.480 e. The van der Waals surface area contributed by atoms with Crippen LogP contribution in [0.3, 0.4) is 0 Å². The van der Waals surface area contributed by atoms with E-state index in [4.69, 9.17) is 16.7 Å². The first-order chi connectivity index (χ1) is 7.80. The van der Waals surface area contributed by atoms with Gasteiger partial charge in [-0.05, 0) is 32.9 Å². The third-order valence-electron chi connectivity index (χ3n) is 2.54. The fourth-order valence-corrected chi connectivity index (χ4v) is 2.46. The zero-order valence-corrected chi connectivity index (χ0v) is 11.4. The predicted molar refractivity (Wildman–Crippen MR) is 67.8 cm³/mol. The van der Waals surface area contributed by atoms with E-state index in [0.717, 1.165) is 11.3 Å². The van der Waals surface area contributed by atoms with Crippen LogP contribution in [0.5, 0.6) is 0 Å².